The molecule has 0 unspecified atom stereocenters. The Balaban J connectivity index is 1.88. The largest absolute Gasteiger partial charge is 0.477 e. The first kappa shape index (κ1) is 30.7. The summed E-state index contributed by atoms with van der Waals surface area (Å²) in [6, 6.07) is 14.6. The standard InChI is InChI=1S/C33H31FN2O7S/c1-18-7-10-23(11-8-18)44(41,42)36-27(32(38)39)16-25-26(17-35(6)31(37)29(25)36)24-15-21(33(4,5)40)9-12-28(24)43-30-19(2)13-22(34)14-20(30)3/h7-17,40H,1-6H3,(H,38,39). The number of carboxylic acids is 1. The van der Waals surface area contributed by atoms with Gasteiger partial charge in [0.15, 0.2) is 0 Å². The summed E-state index contributed by atoms with van der Waals surface area (Å²) in [5.74, 6) is -1.34. The summed E-state index contributed by atoms with van der Waals surface area (Å²) in [5.41, 5.74) is -0.101. The van der Waals surface area contributed by atoms with Crippen LogP contribution < -0.4 is 10.3 Å². The first-order valence-corrected chi connectivity index (χ1v) is 15.1. The van der Waals surface area contributed by atoms with Crippen molar-refractivity contribution >= 4 is 26.9 Å². The van der Waals surface area contributed by atoms with Gasteiger partial charge in [-0.05, 0) is 93.8 Å². The third-order valence-corrected chi connectivity index (χ3v) is 9.21. The van der Waals surface area contributed by atoms with Gasteiger partial charge in [-0.1, -0.05) is 23.8 Å². The van der Waals surface area contributed by atoms with Gasteiger partial charge in [0, 0.05) is 29.8 Å². The average molecular weight is 619 g/mol. The molecule has 0 fully saturated rings. The molecule has 5 rings (SSSR count). The van der Waals surface area contributed by atoms with Crippen LogP contribution in [0.5, 0.6) is 11.5 Å². The highest BCUT2D eigenvalue weighted by atomic mass is 32.2. The molecule has 0 atom stereocenters. The number of nitrogens with zero attached hydrogens (tertiary/aromatic N) is 2. The summed E-state index contributed by atoms with van der Waals surface area (Å²) < 4.78 is 49.9. The van der Waals surface area contributed by atoms with Gasteiger partial charge in [0.1, 0.15) is 28.5 Å². The summed E-state index contributed by atoms with van der Waals surface area (Å²) >= 11 is 0. The quantitative estimate of drug-likeness (QED) is 0.228. The van der Waals surface area contributed by atoms with E-state index in [9.17, 15) is 32.6 Å². The van der Waals surface area contributed by atoms with E-state index in [1.807, 2.05) is 0 Å². The lowest BCUT2D eigenvalue weighted by Crippen LogP contribution is -2.25. The first-order chi connectivity index (χ1) is 20.5. The van der Waals surface area contributed by atoms with E-state index in [-0.39, 0.29) is 27.1 Å². The van der Waals surface area contributed by atoms with E-state index in [0.29, 0.717) is 32.0 Å². The van der Waals surface area contributed by atoms with Crippen molar-refractivity contribution in [3.05, 3.63) is 111 Å². The van der Waals surface area contributed by atoms with Gasteiger partial charge >= 0.3 is 5.97 Å². The van der Waals surface area contributed by atoms with Crippen LogP contribution in [-0.4, -0.2) is 33.1 Å². The van der Waals surface area contributed by atoms with Gasteiger partial charge in [-0.2, -0.15) is 0 Å². The molecule has 0 spiro atoms. The van der Waals surface area contributed by atoms with Crippen molar-refractivity contribution < 1.29 is 32.6 Å². The van der Waals surface area contributed by atoms with Crippen LogP contribution in [0, 0.1) is 26.6 Å². The highest BCUT2D eigenvalue weighted by Crippen LogP contribution is 2.41. The van der Waals surface area contributed by atoms with Gasteiger partial charge in [-0.3, -0.25) is 4.79 Å². The molecule has 3 aromatic carbocycles. The van der Waals surface area contributed by atoms with Crippen molar-refractivity contribution in [3.8, 4) is 22.6 Å². The van der Waals surface area contributed by atoms with Crippen molar-refractivity contribution in [2.45, 2.75) is 45.1 Å². The minimum absolute atomic E-state index is 0.0477. The zero-order valence-electron chi connectivity index (χ0n) is 25.0. The number of hydrogen-bond acceptors (Lipinski definition) is 6. The third-order valence-electron chi connectivity index (χ3n) is 7.49. The Morgan fingerprint density at radius 3 is 2.11 bits per heavy atom. The molecule has 5 aromatic rings. The van der Waals surface area contributed by atoms with Crippen LogP contribution in [0.15, 0.2) is 76.6 Å². The third kappa shape index (κ3) is 5.29. The Hall–Kier alpha value is -4.74. The van der Waals surface area contributed by atoms with E-state index in [4.69, 9.17) is 4.74 Å². The van der Waals surface area contributed by atoms with Gasteiger partial charge in [0.25, 0.3) is 15.6 Å². The molecule has 2 N–H and O–H groups in total. The maximum absolute atomic E-state index is 14.1. The monoisotopic (exact) mass is 618 g/mol. The second-order valence-electron chi connectivity index (χ2n) is 11.4. The number of aryl methyl sites for hydroxylation is 4. The molecular formula is C33H31FN2O7S. The van der Waals surface area contributed by atoms with Crippen LogP contribution >= 0.6 is 0 Å². The van der Waals surface area contributed by atoms with Gasteiger partial charge in [-0.25, -0.2) is 21.6 Å². The van der Waals surface area contributed by atoms with E-state index in [1.54, 1.807) is 65.0 Å². The van der Waals surface area contributed by atoms with Crippen molar-refractivity contribution in [2.24, 2.45) is 7.05 Å². The summed E-state index contributed by atoms with van der Waals surface area (Å²) in [6.45, 7) is 8.34. The zero-order valence-corrected chi connectivity index (χ0v) is 25.8. The number of aromatic carboxylic acids is 1. The molecule has 0 aliphatic heterocycles. The molecule has 228 valence electrons. The number of pyridine rings is 1. The van der Waals surface area contributed by atoms with Crippen molar-refractivity contribution in [2.75, 3.05) is 0 Å². The maximum Gasteiger partial charge on any atom is 0.353 e. The van der Waals surface area contributed by atoms with Crippen LogP contribution in [0.1, 0.15) is 46.6 Å². The fourth-order valence-electron chi connectivity index (χ4n) is 5.20. The predicted molar refractivity (Wildman–Crippen MR) is 165 cm³/mol. The SMILES string of the molecule is Cc1ccc(S(=O)(=O)n2c(C(=O)O)cc3c(-c4cc(C(C)(C)O)ccc4Oc4c(C)cc(F)cc4C)cn(C)c(=O)c32)cc1. The number of halogens is 1. The predicted octanol–water partition coefficient (Wildman–Crippen LogP) is 6.03. The molecule has 0 amide bonds. The van der Waals surface area contributed by atoms with E-state index in [1.165, 1.54) is 42.1 Å². The first-order valence-electron chi connectivity index (χ1n) is 13.6. The fraction of sp³-hybridized carbons (Fsp3) is 0.212. The van der Waals surface area contributed by atoms with E-state index in [2.05, 4.69) is 0 Å². The lowest BCUT2D eigenvalue weighted by molar-refractivity contribution is 0.0689. The molecule has 0 saturated carbocycles. The van der Waals surface area contributed by atoms with Crippen LogP contribution in [0.2, 0.25) is 0 Å². The molecular weight excluding hydrogens is 587 g/mol. The molecule has 0 radical (unpaired) electrons. The Morgan fingerprint density at radius 2 is 1.55 bits per heavy atom. The molecule has 0 saturated heterocycles. The minimum atomic E-state index is -4.54. The highest BCUT2D eigenvalue weighted by molar-refractivity contribution is 7.90. The minimum Gasteiger partial charge on any atom is -0.477 e. The molecule has 0 bridgehead atoms. The highest BCUT2D eigenvalue weighted by Gasteiger charge is 2.31. The Bertz CT molecular complexity index is 2120. The van der Waals surface area contributed by atoms with Gasteiger partial charge in [0.05, 0.1) is 10.5 Å². The lowest BCUT2D eigenvalue weighted by Gasteiger charge is -2.22. The molecule has 0 aliphatic carbocycles. The second-order valence-corrected chi connectivity index (χ2v) is 13.2. The molecule has 0 aliphatic rings. The summed E-state index contributed by atoms with van der Waals surface area (Å²) in [5, 5.41) is 21.0. The summed E-state index contributed by atoms with van der Waals surface area (Å²) in [4.78, 5) is 25.9. The van der Waals surface area contributed by atoms with Crippen molar-refractivity contribution in [1.29, 1.82) is 0 Å². The molecule has 11 heteroatoms. The van der Waals surface area contributed by atoms with Crippen LogP contribution in [0.25, 0.3) is 22.0 Å². The zero-order chi connectivity index (χ0) is 32.3. The number of fused-ring (bicyclic) bond motifs is 1. The number of aliphatic hydroxyl groups is 1. The second kappa shape index (κ2) is 10.8. The molecule has 2 aromatic heterocycles. The number of benzene rings is 3. The van der Waals surface area contributed by atoms with Crippen molar-refractivity contribution in [1.82, 2.24) is 8.54 Å². The maximum atomic E-state index is 14.1. The van der Waals surface area contributed by atoms with E-state index in [0.717, 1.165) is 11.6 Å². The van der Waals surface area contributed by atoms with Gasteiger partial charge in [0.2, 0.25) is 0 Å². The lowest BCUT2D eigenvalue weighted by atomic mass is 9.93. The van der Waals surface area contributed by atoms with Crippen LogP contribution in [0.4, 0.5) is 4.39 Å². The Morgan fingerprint density at radius 1 is 0.932 bits per heavy atom. The van der Waals surface area contributed by atoms with E-state index >= 15 is 0 Å². The summed E-state index contributed by atoms with van der Waals surface area (Å²) in [6.07, 6.45) is 1.46. The topological polar surface area (TPSA) is 128 Å². The normalized spacial score (nSPS) is 12.1. The van der Waals surface area contributed by atoms with Crippen molar-refractivity contribution in [3.63, 3.8) is 0 Å². The fourth-order valence-corrected chi connectivity index (χ4v) is 6.69. The van der Waals surface area contributed by atoms with Gasteiger partial charge < -0.3 is 19.5 Å². The molecule has 9 nitrogen and oxygen atoms in total. The number of carboxylic acid groups (broad SMARTS) is 1. The average Bonchev–Trinajstić information content (AvgIpc) is 3.35. The number of carbonyl (C=O) groups is 1. The Kier molecular flexibility index (Phi) is 7.51. The van der Waals surface area contributed by atoms with E-state index < -0.39 is 38.7 Å². The van der Waals surface area contributed by atoms with Gasteiger partial charge in [-0.15, -0.1) is 0 Å². The number of aromatic nitrogens is 2. The summed E-state index contributed by atoms with van der Waals surface area (Å²) in [7, 11) is -3.12. The Labute approximate surface area is 253 Å². The van der Waals surface area contributed by atoms with Crippen LogP contribution in [0.3, 0.4) is 0 Å². The molecule has 2 heterocycles. The number of hydrogen-bond donors (Lipinski definition) is 2. The van der Waals surface area contributed by atoms with Crippen LogP contribution in [-0.2, 0) is 22.7 Å². The molecule has 44 heavy (non-hydrogen) atoms. The smallest absolute Gasteiger partial charge is 0.353 e. The number of rotatable bonds is 7. The number of ether oxygens (including phenoxy) is 1.